The number of piperazine rings is 1. The molecule has 2 rings (SSSR count). The zero-order valence-corrected chi connectivity index (χ0v) is 11.8. The summed E-state index contributed by atoms with van der Waals surface area (Å²) in [6.45, 7) is 11.7. The van der Waals surface area contributed by atoms with Gasteiger partial charge in [0.05, 0.1) is 0 Å². The summed E-state index contributed by atoms with van der Waals surface area (Å²) < 4.78 is 13.1. The number of halogens is 1. The molecule has 0 spiro atoms. The maximum atomic E-state index is 13.1. The van der Waals surface area contributed by atoms with Gasteiger partial charge < -0.3 is 10.2 Å². The van der Waals surface area contributed by atoms with E-state index in [9.17, 15) is 4.39 Å². The predicted octanol–water partition coefficient (Wildman–Crippen LogP) is 2.96. The Morgan fingerprint density at radius 3 is 2.67 bits per heavy atom. The number of aryl methyl sites for hydroxylation is 1. The van der Waals surface area contributed by atoms with Crippen LogP contribution in [0.15, 0.2) is 18.2 Å². The van der Waals surface area contributed by atoms with E-state index in [4.69, 9.17) is 0 Å². The lowest BCUT2D eigenvalue weighted by molar-refractivity contribution is 0.254. The van der Waals surface area contributed by atoms with Crippen molar-refractivity contribution in [3.05, 3.63) is 29.6 Å². The number of benzene rings is 1. The average Bonchev–Trinajstić information content (AvgIpc) is 2.28. The van der Waals surface area contributed by atoms with Crippen LogP contribution in [0.25, 0.3) is 0 Å². The summed E-state index contributed by atoms with van der Waals surface area (Å²) in [6, 6.07) is 5.53. The van der Waals surface area contributed by atoms with Crippen LogP contribution >= 0.6 is 0 Å². The highest BCUT2D eigenvalue weighted by molar-refractivity contribution is 5.53. The molecule has 18 heavy (non-hydrogen) atoms. The van der Waals surface area contributed by atoms with E-state index in [1.165, 1.54) is 0 Å². The second-order valence-corrected chi connectivity index (χ2v) is 6.25. The number of nitrogens with zero attached hydrogens (tertiary/aromatic N) is 1. The van der Waals surface area contributed by atoms with Crippen LogP contribution in [0.4, 0.5) is 10.1 Å². The molecule has 1 aliphatic heterocycles. The van der Waals surface area contributed by atoms with Crippen molar-refractivity contribution >= 4 is 5.69 Å². The number of anilines is 1. The van der Waals surface area contributed by atoms with Crippen molar-refractivity contribution in [2.45, 2.75) is 33.7 Å². The molecule has 0 saturated carbocycles. The summed E-state index contributed by atoms with van der Waals surface area (Å²) in [4.78, 5) is 2.36. The lowest BCUT2D eigenvalue weighted by atomic mass is 9.85. The Bertz CT molecular complexity index is 423. The van der Waals surface area contributed by atoms with E-state index in [1.54, 1.807) is 12.1 Å². The highest BCUT2D eigenvalue weighted by Crippen LogP contribution is 2.27. The highest BCUT2D eigenvalue weighted by atomic mass is 19.1. The first-order chi connectivity index (χ1) is 8.38. The van der Waals surface area contributed by atoms with Crippen LogP contribution in [0.5, 0.6) is 0 Å². The average molecular weight is 250 g/mol. The molecule has 0 amide bonds. The minimum absolute atomic E-state index is 0.154. The van der Waals surface area contributed by atoms with Crippen LogP contribution in [0, 0.1) is 18.2 Å². The van der Waals surface area contributed by atoms with Gasteiger partial charge in [-0.15, -0.1) is 0 Å². The Morgan fingerprint density at radius 1 is 1.33 bits per heavy atom. The minimum atomic E-state index is -0.154. The Balaban J connectivity index is 2.18. The number of hydrogen-bond donors (Lipinski definition) is 1. The second kappa shape index (κ2) is 4.88. The number of nitrogens with one attached hydrogen (secondary N) is 1. The SMILES string of the molecule is Cc1cc(F)ccc1N1CCNC(C(C)(C)C)C1. The van der Waals surface area contributed by atoms with E-state index in [0.29, 0.717) is 6.04 Å². The van der Waals surface area contributed by atoms with Crippen LogP contribution in [0.3, 0.4) is 0 Å². The maximum Gasteiger partial charge on any atom is 0.123 e. The Kier molecular flexibility index (Phi) is 3.62. The van der Waals surface area contributed by atoms with Gasteiger partial charge in [-0.1, -0.05) is 20.8 Å². The van der Waals surface area contributed by atoms with E-state index in [0.717, 1.165) is 30.9 Å². The second-order valence-electron chi connectivity index (χ2n) is 6.25. The maximum absolute atomic E-state index is 13.1. The van der Waals surface area contributed by atoms with Gasteiger partial charge in [-0.3, -0.25) is 0 Å². The molecule has 100 valence electrons. The first-order valence-corrected chi connectivity index (χ1v) is 6.62. The van der Waals surface area contributed by atoms with E-state index < -0.39 is 0 Å². The third-order valence-corrected chi connectivity index (χ3v) is 3.72. The molecule has 1 N–H and O–H groups in total. The molecule has 0 bridgehead atoms. The molecule has 3 heteroatoms. The fourth-order valence-corrected chi connectivity index (χ4v) is 2.52. The Morgan fingerprint density at radius 2 is 2.06 bits per heavy atom. The highest BCUT2D eigenvalue weighted by Gasteiger charge is 2.29. The fraction of sp³-hybridized carbons (Fsp3) is 0.600. The largest absolute Gasteiger partial charge is 0.368 e. The normalized spacial score (nSPS) is 21.2. The van der Waals surface area contributed by atoms with Gasteiger partial charge in [-0.25, -0.2) is 4.39 Å². The summed E-state index contributed by atoms with van der Waals surface area (Å²) in [5, 5.41) is 3.57. The lowest BCUT2D eigenvalue weighted by Crippen LogP contribution is -2.56. The summed E-state index contributed by atoms with van der Waals surface area (Å²) in [5.41, 5.74) is 2.42. The smallest absolute Gasteiger partial charge is 0.123 e. The predicted molar refractivity (Wildman–Crippen MR) is 74.6 cm³/mol. The molecule has 0 radical (unpaired) electrons. The number of rotatable bonds is 1. The quantitative estimate of drug-likeness (QED) is 0.824. The molecule has 1 fully saturated rings. The van der Waals surface area contributed by atoms with Crippen LogP contribution in [0.1, 0.15) is 26.3 Å². The van der Waals surface area contributed by atoms with Gasteiger partial charge in [0, 0.05) is 31.4 Å². The first kappa shape index (κ1) is 13.3. The molecule has 0 aliphatic carbocycles. The standard InChI is InChI=1S/C15H23FN2/c1-11-9-12(16)5-6-13(11)18-8-7-17-14(10-18)15(2,3)4/h5-6,9,14,17H,7-8,10H2,1-4H3. The first-order valence-electron chi connectivity index (χ1n) is 6.62. The molecule has 1 aliphatic rings. The van der Waals surface area contributed by atoms with E-state index in [-0.39, 0.29) is 11.2 Å². The summed E-state index contributed by atoms with van der Waals surface area (Å²) in [5.74, 6) is -0.154. The zero-order chi connectivity index (χ0) is 13.3. The van der Waals surface area contributed by atoms with Crippen molar-refractivity contribution in [1.82, 2.24) is 5.32 Å². The van der Waals surface area contributed by atoms with Crippen LogP contribution < -0.4 is 10.2 Å². The van der Waals surface area contributed by atoms with E-state index >= 15 is 0 Å². The summed E-state index contributed by atoms with van der Waals surface area (Å²) >= 11 is 0. The molecule has 1 heterocycles. The minimum Gasteiger partial charge on any atom is -0.368 e. The topological polar surface area (TPSA) is 15.3 Å². The van der Waals surface area contributed by atoms with Crippen molar-refractivity contribution in [1.29, 1.82) is 0 Å². The van der Waals surface area contributed by atoms with Crippen LogP contribution in [-0.4, -0.2) is 25.7 Å². The van der Waals surface area contributed by atoms with Crippen molar-refractivity contribution in [3.63, 3.8) is 0 Å². The zero-order valence-electron chi connectivity index (χ0n) is 11.8. The van der Waals surface area contributed by atoms with Gasteiger partial charge in [-0.2, -0.15) is 0 Å². The molecule has 1 unspecified atom stereocenters. The van der Waals surface area contributed by atoms with E-state index in [2.05, 4.69) is 31.0 Å². The molecule has 1 atom stereocenters. The molecular weight excluding hydrogens is 227 g/mol. The van der Waals surface area contributed by atoms with Gasteiger partial charge in [0.1, 0.15) is 5.82 Å². The molecule has 1 saturated heterocycles. The molecule has 2 nitrogen and oxygen atoms in total. The third-order valence-electron chi connectivity index (χ3n) is 3.72. The monoisotopic (exact) mass is 250 g/mol. The van der Waals surface area contributed by atoms with Gasteiger partial charge >= 0.3 is 0 Å². The fourth-order valence-electron chi connectivity index (χ4n) is 2.52. The molecular formula is C15H23FN2. The molecule has 1 aromatic carbocycles. The van der Waals surface area contributed by atoms with Gasteiger partial charge in [0.2, 0.25) is 0 Å². The van der Waals surface area contributed by atoms with E-state index in [1.807, 2.05) is 13.0 Å². The lowest BCUT2D eigenvalue weighted by Gasteiger charge is -2.42. The number of hydrogen-bond acceptors (Lipinski definition) is 2. The van der Waals surface area contributed by atoms with Crippen molar-refractivity contribution in [2.24, 2.45) is 5.41 Å². The Labute approximate surface area is 109 Å². The van der Waals surface area contributed by atoms with Crippen molar-refractivity contribution < 1.29 is 4.39 Å². The Hall–Kier alpha value is -1.09. The molecule has 1 aromatic rings. The summed E-state index contributed by atoms with van der Waals surface area (Å²) in [7, 11) is 0. The van der Waals surface area contributed by atoms with Gasteiger partial charge in [0.25, 0.3) is 0 Å². The van der Waals surface area contributed by atoms with Crippen LogP contribution in [-0.2, 0) is 0 Å². The van der Waals surface area contributed by atoms with Crippen molar-refractivity contribution in [3.8, 4) is 0 Å². The van der Waals surface area contributed by atoms with Gasteiger partial charge in [0.15, 0.2) is 0 Å². The summed E-state index contributed by atoms with van der Waals surface area (Å²) in [6.07, 6.45) is 0. The van der Waals surface area contributed by atoms with Crippen LogP contribution in [0.2, 0.25) is 0 Å². The van der Waals surface area contributed by atoms with Crippen molar-refractivity contribution in [2.75, 3.05) is 24.5 Å². The third kappa shape index (κ3) is 2.83. The molecule has 0 aromatic heterocycles. The van der Waals surface area contributed by atoms with Gasteiger partial charge in [-0.05, 0) is 36.1 Å².